The predicted octanol–water partition coefficient (Wildman–Crippen LogP) is 9.28. The van der Waals surface area contributed by atoms with Crippen LogP contribution >= 0.6 is 0 Å². The quantitative estimate of drug-likeness (QED) is 0.237. The number of fused-ring (bicyclic) bond motifs is 6. The minimum absolute atomic E-state index is 0.595. The molecule has 0 atom stereocenters. The van der Waals surface area contributed by atoms with Crippen molar-refractivity contribution in [1.29, 1.82) is 5.26 Å². The number of pyridine rings is 1. The van der Waals surface area contributed by atoms with E-state index < -0.39 is 0 Å². The maximum Gasteiger partial charge on any atom is 0.137 e. The SMILES string of the molecule is N#Cc1ccnc(-c2cccc(-c3ccccc3-n3c4ccccc4c4cc5c(cc43)oc3ccccc35)c2)c1. The van der Waals surface area contributed by atoms with Crippen LogP contribution in [-0.2, 0) is 0 Å². The van der Waals surface area contributed by atoms with Crippen molar-refractivity contribution in [2.45, 2.75) is 0 Å². The van der Waals surface area contributed by atoms with Gasteiger partial charge in [-0.1, -0.05) is 72.8 Å². The minimum atomic E-state index is 0.595. The number of para-hydroxylation sites is 3. The first-order chi connectivity index (χ1) is 19.8. The molecular formula is C36H21N3O. The summed E-state index contributed by atoms with van der Waals surface area (Å²) in [6.45, 7) is 0. The molecule has 0 aliphatic carbocycles. The van der Waals surface area contributed by atoms with Crippen molar-refractivity contribution in [1.82, 2.24) is 9.55 Å². The second-order valence-corrected chi connectivity index (χ2v) is 9.96. The maximum absolute atomic E-state index is 9.38. The van der Waals surface area contributed by atoms with Gasteiger partial charge < -0.3 is 8.98 Å². The Morgan fingerprint density at radius 2 is 1.40 bits per heavy atom. The lowest BCUT2D eigenvalue weighted by molar-refractivity contribution is 0.669. The lowest BCUT2D eigenvalue weighted by Crippen LogP contribution is -1.97. The zero-order chi connectivity index (χ0) is 26.6. The summed E-state index contributed by atoms with van der Waals surface area (Å²) in [5.41, 5.74) is 9.62. The van der Waals surface area contributed by atoms with Crippen LogP contribution in [0.3, 0.4) is 0 Å². The van der Waals surface area contributed by atoms with Gasteiger partial charge in [0.1, 0.15) is 11.2 Å². The number of nitriles is 1. The summed E-state index contributed by atoms with van der Waals surface area (Å²) >= 11 is 0. The molecule has 8 rings (SSSR count). The second-order valence-electron chi connectivity index (χ2n) is 9.96. The highest BCUT2D eigenvalue weighted by atomic mass is 16.3. The topological polar surface area (TPSA) is 54.8 Å². The van der Waals surface area contributed by atoms with Gasteiger partial charge >= 0.3 is 0 Å². The first-order valence-electron chi connectivity index (χ1n) is 13.2. The number of nitrogens with zero attached hydrogens (tertiary/aromatic N) is 3. The molecule has 0 spiro atoms. The van der Waals surface area contributed by atoms with Crippen LogP contribution in [0.4, 0.5) is 0 Å². The molecule has 3 heterocycles. The fraction of sp³-hybridized carbons (Fsp3) is 0. The summed E-state index contributed by atoms with van der Waals surface area (Å²) < 4.78 is 8.64. The van der Waals surface area contributed by atoms with Gasteiger partial charge in [-0.05, 0) is 48.0 Å². The van der Waals surface area contributed by atoms with Crippen molar-refractivity contribution < 1.29 is 4.42 Å². The number of benzene rings is 5. The third kappa shape index (κ3) is 3.35. The number of rotatable bonds is 3. The van der Waals surface area contributed by atoms with Gasteiger partial charge in [0, 0.05) is 44.9 Å². The van der Waals surface area contributed by atoms with E-state index in [1.807, 2.05) is 30.3 Å². The lowest BCUT2D eigenvalue weighted by Gasteiger charge is -2.15. The Morgan fingerprint density at radius 1 is 0.600 bits per heavy atom. The van der Waals surface area contributed by atoms with Crippen molar-refractivity contribution in [3.05, 3.63) is 133 Å². The van der Waals surface area contributed by atoms with E-state index in [4.69, 9.17) is 4.42 Å². The van der Waals surface area contributed by atoms with Gasteiger partial charge in [-0.15, -0.1) is 0 Å². The Bertz CT molecular complexity index is 2300. The maximum atomic E-state index is 9.38. The molecule has 0 N–H and O–H groups in total. The van der Waals surface area contributed by atoms with E-state index in [1.165, 1.54) is 10.8 Å². The second kappa shape index (κ2) is 8.69. The highest BCUT2D eigenvalue weighted by Crippen LogP contribution is 2.40. The summed E-state index contributed by atoms with van der Waals surface area (Å²) in [4.78, 5) is 4.53. The van der Waals surface area contributed by atoms with E-state index in [2.05, 4.69) is 101 Å². The van der Waals surface area contributed by atoms with Crippen molar-refractivity contribution >= 4 is 43.7 Å². The van der Waals surface area contributed by atoms with E-state index in [-0.39, 0.29) is 0 Å². The molecule has 0 saturated carbocycles. The van der Waals surface area contributed by atoms with Crippen molar-refractivity contribution in [3.63, 3.8) is 0 Å². The fourth-order valence-corrected chi connectivity index (χ4v) is 5.86. The average Bonchev–Trinajstić information content (AvgIpc) is 3.55. The molecule has 186 valence electrons. The summed E-state index contributed by atoms with van der Waals surface area (Å²) in [6.07, 6.45) is 1.69. The Kier molecular flexibility index (Phi) is 4.85. The van der Waals surface area contributed by atoms with Crippen LogP contribution in [0.5, 0.6) is 0 Å². The van der Waals surface area contributed by atoms with E-state index in [9.17, 15) is 5.26 Å². The summed E-state index contributed by atoms with van der Waals surface area (Å²) in [5, 5.41) is 14.0. The third-order valence-corrected chi connectivity index (χ3v) is 7.67. The molecule has 0 amide bonds. The molecule has 0 fully saturated rings. The Hall–Kier alpha value is -5.66. The number of hydrogen-bond donors (Lipinski definition) is 0. The average molecular weight is 512 g/mol. The van der Waals surface area contributed by atoms with E-state index in [0.29, 0.717) is 5.56 Å². The summed E-state index contributed by atoms with van der Waals surface area (Å²) in [6, 6.07) is 43.8. The molecule has 5 aromatic carbocycles. The molecule has 0 aliphatic heterocycles. The van der Waals surface area contributed by atoms with Crippen LogP contribution in [0, 0.1) is 11.3 Å². The standard InChI is InChI=1S/C36H21N3O/c37-22-23-16-17-38-31(18-23)25-9-7-8-24(19-25)26-10-1-4-13-32(26)39-33-14-5-2-11-27(33)29-20-30-28-12-3-6-15-35(28)40-36(30)21-34(29)39/h1-21H. The summed E-state index contributed by atoms with van der Waals surface area (Å²) in [7, 11) is 0. The molecule has 0 radical (unpaired) electrons. The molecule has 0 bridgehead atoms. The highest BCUT2D eigenvalue weighted by Gasteiger charge is 2.18. The molecule has 40 heavy (non-hydrogen) atoms. The van der Waals surface area contributed by atoms with Crippen molar-refractivity contribution in [2.75, 3.05) is 0 Å². The highest BCUT2D eigenvalue weighted by molar-refractivity contribution is 6.17. The van der Waals surface area contributed by atoms with Crippen molar-refractivity contribution in [3.8, 4) is 34.1 Å². The van der Waals surface area contributed by atoms with Gasteiger partial charge in [0.05, 0.1) is 34.0 Å². The molecule has 4 nitrogen and oxygen atoms in total. The molecule has 0 unspecified atom stereocenters. The molecule has 3 aromatic heterocycles. The minimum Gasteiger partial charge on any atom is -0.456 e. The van der Waals surface area contributed by atoms with Crippen LogP contribution in [0.25, 0.3) is 71.8 Å². The Morgan fingerprint density at radius 3 is 2.33 bits per heavy atom. The lowest BCUT2D eigenvalue weighted by atomic mass is 9.99. The van der Waals surface area contributed by atoms with Gasteiger partial charge in [0.25, 0.3) is 0 Å². The van der Waals surface area contributed by atoms with Crippen LogP contribution in [-0.4, -0.2) is 9.55 Å². The number of aromatic nitrogens is 2. The van der Waals surface area contributed by atoms with Gasteiger partial charge in [0.2, 0.25) is 0 Å². The van der Waals surface area contributed by atoms with Gasteiger partial charge in [-0.25, -0.2) is 0 Å². The van der Waals surface area contributed by atoms with Crippen LogP contribution in [0.1, 0.15) is 5.56 Å². The monoisotopic (exact) mass is 511 g/mol. The Balaban J connectivity index is 1.39. The molecule has 0 saturated heterocycles. The molecule has 4 heteroatoms. The van der Waals surface area contributed by atoms with Gasteiger partial charge in [-0.3, -0.25) is 4.98 Å². The van der Waals surface area contributed by atoms with Crippen LogP contribution < -0.4 is 0 Å². The molecular weight excluding hydrogens is 490 g/mol. The number of furan rings is 1. The first kappa shape index (κ1) is 22.3. The third-order valence-electron chi connectivity index (χ3n) is 7.67. The molecule has 8 aromatic rings. The molecule has 0 aliphatic rings. The van der Waals surface area contributed by atoms with Crippen molar-refractivity contribution in [2.24, 2.45) is 0 Å². The van der Waals surface area contributed by atoms with Gasteiger partial charge in [0.15, 0.2) is 0 Å². The number of hydrogen-bond acceptors (Lipinski definition) is 3. The zero-order valence-electron chi connectivity index (χ0n) is 21.4. The Labute approximate surface area is 230 Å². The van der Waals surface area contributed by atoms with E-state index in [1.54, 1.807) is 12.3 Å². The van der Waals surface area contributed by atoms with Gasteiger partial charge in [-0.2, -0.15) is 5.26 Å². The van der Waals surface area contributed by atoms with Crippen LogP contribution in [0.2, 0.25) is 0 Å². The van der Waals surface area contributed by atoms with E-state index >= 15 is 0 Å². The largest absolute Gasteiger partial charge is 0.456 e. The predicted molar refractivity (Wildman–Crippen MR) is 161 cm³/mol. The normalized spacial score (nSPS) is 11.5. The zero-order valence-corrected chi connectivity index (χ0v) is 21.4. The fourth-order valence-electron chi connectivity index (χ4n) is 5.86. The first-order valence-corrected chi connectivity index (χ1v) is 13.2. The summed E-state index contributed by atoms with van der Waals surface area (Å²) in [5.74, 6) is 0. The van der Waals surface area contributed by atoms with Crippen LogP contribution in [0.15, 0.2) is 132 Å². The smallest absolute Gasteiger partial charge is 0.137 e. The van der Waals surface area contributed by atoms with E-state index in [0.717, 1.165) is 61.0 Å².